The highest BCUT2D eigenvalue weighted by molar-refractivity contribution is 5.87. The number of rotatable bonds is 2. The van der Waals surface area contributed by atoms with Crippen molar-refractivity contribution >= 4 is 22.7 Å². The lowest BCUT2D eigenvalue weighted by Gasteiger charge is -2.29. The maximum Gasteiger partial charge on any atom is 0.189 e. The van der Waals surface area contributed by atoms with Gasteiger partial charge < -0.3 is 9.80 Å². The molecule has 3 nitrogen and oxygen atoms in total. The van der Waals surface area contributed by atoms with Gasteiger partial charge in [0.1, 0.15) is 6.17 Å². The predicted molar refractivity (Wildman–Crippen MR) is 109 cm³/mol. The quantitative estimate of drug-likeness (QED) is 0.519. The van der Waals surface area contributed by atoms with Gasteiger partial charge in [-0.25, -0.2) is 4.85 Å². The van der Waals surface area contributed by atoms with Crippen molar-refractivity contribution in [2.75, 3.05) is 16.8 Å². The van der Waals surface area contributed by atoms with Crippen LogP contribution in [0.3, 0.4) is 0 Å². The molecule has 0 bridgehead atoms. The van der Waals surface area contributed by atoms with E-state index >= 15 is 0 Å². The van der Waals surface area contributed by atoms with Crippen molar-refractivity contribution in [2.45, 2.75) is 20.0 Å². The van der Waals surface area contributed by atoms with Gasteiger partial charge in [0.05, 0.1) is 17.9 Å². The fourth-order valence-electron chi connectivity index (χ4n) is 3.72. The highest BCUT2D eigenvalue weighted by Crippen LogP contribution is 2.46. The van der Waals surface area contributed by atoms with E-state index in [2.05, 4.69) is 78.0 Å². The number of hydrogen-bond acceptors (Lipinski definition) is 2. The summed E-state index contributed by atoms with van der Waals surface area (Å²) in [5.41, 5.74) is 7.81. The summed E-state index contributed by atoms with van der Waals surface area (Å²) in [4.78, 5) is 8.19. The van der Waals surface area contributed by atoms with Gasteiger partial charge in [-0.3, -0.25) is 0 Å². The number of aryl methyl sites for hydroxylation is 1. The van der Waals surface area contributed by atoms with Crippen LogP contribution in [0, 0.1) is 13.5 Å². The van der Waals surface area contributed by atoms with E-state index in [1.807, 2.05) is 24.3 Å². The normalized spacial score (nSPS) is 15.7. The minimum Gasteiger partial charge on any atom is -0.353 e. The zero-order valence-corrected chi connectivity index (χ0v) is 15.3. The number of fused-ring (bicyclic) bond motifs is 1. The number of hydrogen-bond donors (Lipinski definition) is 0. The van der Waals surface area contributed by atoms with Gasteiger partial charge in [-0.2, -0.15) is 0 Å². The minimum atomic E-state index is 0.201. The summed E-state index contributed by atoms with van der Waals surface area (Å²) in [5, 5.41) is 0. The van der Waals surface area contributed by atoms with E-state index < -0.39 is 0 Å². The molecule has 1 atom stereocenters. The number of nitrogens with zero attached hydrogens (tertiary/aromatic N) is 3. The fourth-order valence-corrected chi connectivity index (χ4v) is 3.72. The number of anilines is 3. The zero-order valence-electron chi connectivity index (χ0n) is 15.3. The number of benzene rings is 3. The molecule has 1 aliphatic heterocycles. The van der Waals surface area contributed by atoms with E-state index in [1.54, 1.807) is 0 Å². The molecule has 0 N–H and O–H groups in total. The van der Waals surface area contributed by atoms with Gasteiger partial charge >= 0.3 is 0 Å². The Balaban J connectivity index is 1.80. The van der Waals surface area contributed by atoms with Crippen LogP contribution in [0.4, 0.5) is 22.7 Å². The maximum absolute atomic E-state index is 7.34. The standard InChI is InChI=1S/C23H21N3/c1-16-14-19(18-8-6-5-7-9-18)10-12-21(16)26-17(2)25(4)22-13-11-20(24-3)15-23(22)26/h5-15,17H,1-2,4H3/t17-/m0/s1. The molecule has 1 heterocycles. The van der Waals surface area contributed by atoms with Gasteiger partial charge in [0.15, 0.2) is 5.69 Å². The second-order valence-electron chi connectivity index (χ2n) is 6.76. The molecule has 0 amide bonds. The Morgan fingerprint density at radius 1 is 0.846 bits per heavy atom. The fraction of sp³-hybridized carbons (Fsp3) is 0.174. The first-order valence-corrected chi connectivity index (χ1v) is 8.80. The van der Waals surface area contributed by atoms with Crippen molar-refractivity contribution in [3.63, 3.8) is 0 Å². The maximum atomic E-state index is 7.34. The lowest BCUT2D eigenvalue weighted by molar-refractivity contribution is 0.733. The Labute approximate surface area is 154 Å². The van der Waals surface area contributed by atoms with Gasteiger partial charge in [-0.05, 0) is 54.8 Å². The Morgan fingerprint density at radius 2 is 1.58 bits per heavy atom. The van der Waals surface area contributed by atoms with Crippen molar-refractivity contribution in [2.24, 2.45) is 0 Å². The van der Waals surface area contributed by atoms with Crippen LogP contribution in [0.15, 0.2) is 66.7 Å². The molecule has 0 aliphatic carbocycles. The molecule has 0 aromatic heterocycles. The van der Waals surface area contributed by atoms with E-state index in [0.717, 1.165) is 11.4 Å². The van der Waals surface area contributed by atoms with Gasteiger partial charge in [-0.1, -0.05) is 42.5 Å². The molecule has 0 saturated heterocycles. The largest absolute Gasteiger partial charge is 0.353 e. The van der Waals surface area contributed by atoms with Crippen LogP contribution < -0.4 is 9.80 Å². The van der Waals surface area contributed by atoms with Crippen LogP contribution >= 0.6 is 0 Å². The molecular weight excluding hydrogens is 318 g/mol. The first kappa shape index (κ1) is 16.2. The van der Waals surface area contributed by atoms with Crippen molar-refractivity contribution < 1.29 is 0 Å². The van der Waals surface area contributed by atoms with Gasteiger partial charge in [0.25, 0.3) is 0 Å². The minimum absolute atomic E-state index is 0.201. The van der Waals surface area contributed by atoms with E-state index in [9.17, 15) is 0 Å². The molecule has 128 valence electrons. The molecule has 3 aromatic rings. The summed E-state index contributed by atoms with van der Waals surface area (Å²) in [7, 11) is 2.11. The first-order chi connectivity index (χ1) is 12.6. The Morgan fingerprint density at radius 3 is 2.27 bits per heavy atom. The third kappa shape index (κ3) is 2.51. The summed E-state index contributed by atoms with van der Waals surface area (Å²) < 4.78 is 0. The lowest BCUT2D eigenvalue weighted by Crippen LogP contribution is -2.35. The summed E-state index contributed by atoms with van der Waals surface area (Å²) in [6.45, 7) is 11.7. The second kappa shape index (κ2) is 6.24. The van der Waals surface area contributed by atoms with E-state index in [0.29, 0.717) is 5.69 Å². The Bertz CT molecular complexity index is 1000. The average Bonchev–Trinajstić information content (AvgIpc) is 2.92. The molecule has 4 rings (SSSR count). The van der Waals surface area contributed by atoms with Crippen LogP contribution in [0.2, 0.25) is 0 Å². The molecular formula is C23H21N3. The van der Waals surface area contributed by atoms with Crippen LogP contribution in [0.25, 0.3) is 16.0 Å². The van der Waals surface area contributed by atoms with Crippen molar-refractivity contribution in [1.29, 1.82) is 0 Å². The zero-order chi connectivity index (χ0) is 18.3. The molecule has 1 aliphatic rings. The second-order valence-corrected chi connectivity index (χ2v) is 6.76. The summed E-state index contributed by atoms with van der Waals surface area (Å²) >= 11 is 0. The molecule has 26 heavy (non-hydrogen) atoms. The average molecular weight is 339 g/mol. The third-order valence-corrected chi connectivity index (χ3v) is 5.23. The van der Waals surface area contributed by atoms with Crippen LogP contribution in [0.5, 0.6) is 0 Å². The first-order valence-electron chi connectivity index (χ1n) is 8.80. The van der Waals surface area contributed by atoms with Crippen LogP contribution in [0.1, 0.15) is 12.5 Å². The molecule has 3 heteroatoms. The molecule has 0 fully saturated rings. The molecule has 0 unspecified atom stereocenters. The summed E-state index contributed by atoms with van der Waals surface area (Å²) in [6, 6.07) is 23.0. The summed E-state index contributed by atoms with van der Waals surface area (Å²) in [5.74, 6) is 0. The Kier molecular flexibility index (Phi) is 3.89. The van der Waals surface area contributed by atoms with Crippen molar-refractivity contribution in [3.05, 3.63) is 83.7 Å². The predicted octanol–water partition coefficient (Wildman–Crippen LogP) is 6.15. The highest BCUT2D eigenvalue weighted by atomic mass is 15.4. The molecule has 0 spiro atoms. The van der Waals surface area contributed by atoms with Gasteiger partial charge in [0.2, 0.25) is 0 Å². The monoisotopic (exact) mass is 339 g/mol. The molecule has 0 saturated carbocycles. The molecule has 0 radical (unpaired) electrons. The van der Waals surface area contributed by atoms with Gasteiger partial charge in [-0.15, -0.1) is 0 Å². The van der Waals surface area contributed by atoms with E-state index in [4.69, 9.17) is 6.57 Å². The SMILES string of the molecule is [C-]#[N+]c1ccc2c(c1)N(c1ccc(-c3ccccc3)cc1C)[C@@H](C)N2C. The third-order valence-electron chi connectivity index (χ3n) is 5.23. The van der Waals surface area contributed by atoms with Crippen LogP contribution in [-0.4, -0.2) is 13.2 Å². The van der Waals surface area contributed by atoms with Crippen molar-refractivity contribution in [1.82, 2.24) is 0 Å². The smallest absolute Gasteiger partial charge is 0.189 e. The highest BCUT2D eigenvalue weighted by Gasteiger charge is 2.32. The van der Waals surface area contributed by atoms with E-state index in [-0.39, 0.29) is 6.17 Å². The topological polar surface area (TPSA) is 10.8 Å². The lowest BCUT2D eigenvalue weighted by atomic mass is 10.0. The Hall–Kier alpha value is -3.25. The van der Waals surface area contributed by atoms with Gasteiger partial charge in [0, 0.05) is 12.7 Å². The molecule has 3 aromatic carbocycles. The van der Waals surface area contributed by atoms with Crippen molar-refractivity contribution in [3.8, 4) is 11.1 Å². The summed E-state index contributed by atoms with van der Waals surface area (Å²) in [6.07, 6.45) is 0.201. The van der Waals surface area contributed by atoms with Crippen LogP contribution in [-0.2, 0) is 0 Å². The van der Waals surface area contributed by atoms with E-state index in [1.165, 1.54) is 22.4 Å².